The summed E-state index contributed by atoms with van der Waals surface area (Å²) in [6, 6.07) is 2.36. The molecule has 7 heteroatoms. The van der Waals surface area contributed by atoms with Gasteiger partial charge in [-0.25, -0.2) is 5.01 Å². The van der Waals surface area contributed by atoms with E-state index in [1.54, 1.807) is 9.69 Å². The molecule has 2 fully saturated rings. The van der Waals surface area contributed by atoms with Crippen LogP contribution in [0.5, 0.6) is 0 Å². The van der Waals surface area contributed by atoms with E-state index < -0.39 is 0 Å². The Morgan fingerprint density at radius 3 is 2.44 bits per heavy atom. The quantitative estimate of drug-likeness (QED) is 0.819. The van der Waals surface area contributed by atoms with E-state index in [2.05, 4.69) is 31.2 Å². The number of nitrogens with zero attached hydrogens (tertiary/aromatic N) is 4. The van der Waals surface area contributed by atoms with Crippen molar-refractivity contribution in [3.05, 3.63) is 17.5 Å². The molecule has 25 heavy (non-hydrogen) atoms. The number of thiocarbonyl (C=S) groups is 1. The highest BCUT2D eigenvalue weighted by Crippen LogP contribution is 2.24. The number of aromatic nitrogens is 2. The number of amides is 1. The zero-order chi connectivity index (χ0) is 18.2. The zero-order valence-corrected chi connectivity index (χ0v) is 16.5. The Balaban J connectivity index is 1.74. The molecular weight excluding hydrogens is 334 g/mol. The molecule has 1 N–H and O–H groups in total. The summed E-state index contributed by atoms with van der Waals surface area (Å²) in [6.45, 7) is 7.79. The van der Waals surface area contributed by atoms with Crippen molar-refractivity contribution in [2.45, 2.75) is 64.3 Å². The third-order valence-electron chi connectivity index (χ3n) is 5.05. The number of rotatable bonds is 2. The van der Waals surface area contributed by atoms with Gasteiger partial charge in [0.05, 0.1) is 5.69 Å². The van der Waals surface area contributed by atoms with E-state index in [1.807, 2.05) is 18.1 Å². The summed E-state index contributed by atoms with van der Waals surface area (Å²) in [5.41, 5.74) is 1.46. The first-order valence-corrected chi connectivity index (χ1v) is 9.62. The molecule has 1 saturated carbocycles. The van der Waals surface area contributed by atoms with Crippen LogP contribution in [0.15, 0.2) is 6.07 Å². The Morgan fingerprint density at radius 2 is 1.84 bits per heavy atom. The van der Waals surface area contributed by atoms with Crippen LogP contribution < -0.4 is 5.32 Å². The fraction of sp³-hybridized carbons (Fsp3) is 0.722. The van der Waals surface area contributed by atoms with Crippen LogP contribution in [0.1, 0.15) is 69.1 Å². The molecule has 138 valence electrons. The van der Waals surface area contributed by atoms with Crippen LogP contribution in [0, 0.1) is 0 Å². The van der Waals surface area contributed by atoms with Gasteiger partial charge in [0, 0.05) is 31.6 Å². The molecule has 0 spiro atoms. The van der Waals surface area contributed by atoms with Crippen LogP contribution in [0.25, 0.3) is 0 Å². The standard InChI is InChI=1S/C18H29N5OS/c1-18(2,3)15-12-14(21(4)20-15)16(24)22-10-7-11-23(22)17(25)19-13-8-5-6-9-13/h12-13H,5-11H2,1-4H3,(H,19,25). The van der Waals surface area contributed by atoms with Crippen LogP contribution in [0.4, 0.5) is 0 Å². The summed E-state index contributed by atoms with van der Waals surface area (Å²) in [5, 5.41) is 12.4. The van der Waals surface area contributed by atoms with E-state index in [1.165, 1.54) is 25.7 Å². The van der Waals surface area contributed by atoms with Gasteiger partial charge in [0.15, 0.2) is 5.11 Å². The highest BCUT2D eigenvalue weighted by Gasteiger charge is 2.33. The molecular formula is C18H29N5OS. The first kappa shape index (κ1) is 18.2. The molecule has 1 saturated heterocycles. The largest absolute Gasteiger partial charge is 0.358 e. The summed E-state index contributed by atoms with van der Waals surface area (Å²) < 4.78 is 1.69. The second-order valence-electron chi connectivity index (χ2n) is 8.12. The van der Waals surface area contributed by atoms with Gasteiger partial charge in [0.2, 0.25) is 0 Å². The van der Waals surface area contributed by atoms with E-state index in [0.717, 1.165) is 18.7 Å². The van der Waals surface area contributed by atoms with Gasteiger partial charge >= 0.3 is 0 Å². The normalized spacial score (nSPS) is 18.9. The van der Waals surface area contributed by atoms with Crippen LogP contribution >= 0.6 is 12.2 Å². The number of carbonyl (C=O) groups excluding carboxylic acids is 1. The SMILES string of the molecule is Cn1nc(C(C)(C)C)cc1C(=O)N1CCCN1C(=S)NC1CCCC1. The maximum absolute atomic E-state index is 13.1. The molecule has 1 aromatic rings. The molecule has 2 aliphatic rings. The number of hydrogen-bond acceptors (Lipinski definition) is 3. The lowest BCUT2D eigenvalue weighted by atomic mass is 9.92. The highest BCUT2D eigenvalue weighted by molar-refractivity contribution is 7.80. The Bertz CT molecular complexity index is 657. The number of carbonyl (C=O) groups is 1. The average Bonchev–Trinajstić information content (AvgIpc) is 3.25. The van der Waals surface area contributed by atoms with E-state index in [0.29, 0.717) is 23.4 Å². The van der Waals surface area contributed by atoms with Gasteiger partial charge in [0.1, 0.15) is 5.69 Å². The van der Waals surface area contributed by atoms with Gasteiger partial charge in [-0.15, -0.1) is 0 Å². The van der Waals surface area contributed by atoms with Gasteiger partial charge in [-0.2, -0.15) is 5.10 Å². The minimum absolute atomic E-state index is 0.0291. The fourth-order valence-corrected chi connectivity index (χ4v) is 3.88. The smallest absolute Gasteiger partial charge is 0.290 e. The molecule has 0 aromatic carbocycles. The molecule has 1 aromatic heterocycles. The maximum atomic E-state index is 13.1. The average molecular weight is 364 g/mol. The van der Waals surface area contributed by atoms with Crippen molar-refractivity contribution in [2.75, 3.05) is 13.1 Å². The molecule has 1 amide bonds. The van der Waals surface area contributed by atoms with Crippen LogP contribution in [-0.2, 0) is 12.5 Å². The van der Waals surface area contributed by atoms with Gasteiger partial charge in [0.25, 0.3) is 5.91 Å². The predicted octanol–water partition coefficient (Wildman–Crippen LogP) is 2.60. The molecule has 3 rings (SSSR count). The van der Waals surface area contributed by atoms with Crippen molar-refractivity contribution in [1.29, 1.82) is 0 Å². The summed E-state index contributed by atoms with van der Waals surface area (Å²) in [7, 11) is 1.83. The number of hydrogen-bond donors (Lipinski definition) is 1. The second kappa shape index (κ2) is 6.94. The van der Waals surface area contributed by atoms with Crippen LogP contribution in [0.2, 0.25) is 0 Å². The summed E-state index contributed by atoms with van der Waals surface area (Å²) in [5.74, 6) is -0.0291. The van der Waals surface area contributed by atoms with Crippen molar-refractivity contribution in [3.8, 4) is 0 Å². The summed E-state index contributed by atoms with van der Waals surface area (Å²) >= 11 is 5.59. The zero-order valence-electron chi connectivity index (χ0n) is 15.7. The molecule has 2 heterocycles. The minimum atomic E-state index is -0.0830. The topological polar surface area (TPSA) is 53.4 Å². The van der Waals surface area contributed by atoms with Gasteiger partial charge in [-0.1, -0.05) is 33.6 Å². The monoisotopic (exact) mass is 363 g/mol. The third-order valence-corrected chi connectivity index (χ3v) is 5.38. The van der Waals surface area contributed by atoms with Crippen molar-refractivity contribution < 1.29 is 4.79 Å². The van der Waals surface area contributed by atoms with E-state index in [9.17, 15) is 4.79 Å². The lowest BCUT2D eigenvalue weighted by Gasteiger charge is -2.31. The second-order valence-corrected chi connectivity index (χ2v) is 8.51. The molecule has 0 unspecified atom stereocenters. The van der Waals surface area contributed by atoms with Crippen LogP contribution in [-0.4, -0.2) is 49.9 Å². The third kappa shape index (κ3) is 3.81. The predicted molar refractivity (Wildman–Crippen MR) is 102 cm³/mol. The van der Waals surface area contributed by atoms with Crippen molar-refractivity contribution in [1.82, 2.24) is 25.1 Å². The minimum Gasteiger partial charge on any atom is -0.358 e. The Morgan fingerprint density at radius 1 is 1.20 bits per heavy atom. The lowest BCUT2D eigenvalue weighted by Crippen LogP contribution is -2.51. The fourth-order valence-electron chi connectivity index (χ4n) is 3.52. The Labute approximate surface area is 155 Å². The Kier molecular flexibility index (Phi) is 5.04. The number of aryl methyl sites for hydroxylation is 1. The molecule has 1 aliphatic heterocycles. The number of nitrogens with one attached hydrogen (secondary N) is 1. The molecule has 0 atom stereocenters. The maximum Gasteiger partial charge on any atom is 0.290 e. The van der Waals surface area contributed by atoms with Crippen LogP contribution in [0.3, 0.4) is 0 Å². The summed E-state index contributed by atoms with van der Waals surface area (Å²) in [6.07, 6.45) is 5.78. The highest BCUT2D eigenvalue weighted by atomic mass is 32.1. The molecule has 1 aliphatic carbocycles. The van der Waals surface area contributed by atoms with Gasteiger partial charge in [-0.3, -0.25) is 14.5 Å². The van der Waals surface area contributed by atoms with Gasteiger partial charge < -0.3 is 5.32 Å². The number of hydrazine groups is 1. The first-order chi connectivity index (χ1) is 11.8. The molecule has 6 nitrogen and oxygen atoms in total. The first-order valence-electron chi connectivity index (χ1n) is 9.21. The van der Waals surface area contributed by atoms with Crippen molar-refractivity contribution in [3.63, 3.8) is 0 Å². The van der Waals surface area contributed by atoms with Gasteiger partial charge in [-0.05, 0) is 37.5 Å². The van der Waals surface area contributed by atoms with Crippen molar-refractivity contribution in [2.24, 2.45) is 7.05 Å². The van der Waals surface area contributed by atoms with Crippen molar-refractivity contribution >= 4 is 23.2 Å². The van der Waals surface area contributed by atoms with E-state index in [4.69, 9.17) is 12.2 Å². The molecule has 0 bridgehead atoms. The lowest BCUT2D eigenvalue weighted by molar-refractivity contribution is 0.0478. The van der Waals surface area contributed by atoms with E-state index in [-0.39, 0.29) is 11.3 Å². The Hall–Kier alpha value is -1.63. The van der Waals surface area contributed by atoms with E-state index >= 15 is 0 Å². The summed E-state index contributed by atoms with van der Waals surface area (Å²) in [4.78, 5) is 13.1. The molecule has 0 radical (unpaired) electrons.